The molecule has 0 aromatic heterocycles. The van der Waals surface area contributed by atoms with Crippen molar-refractivity contribution in [2.75, 3.05) is 13.7 Å². The summed E-state index contributed by atoms with van der Waals surface area (Å²) in [7, 11) is 1.64. The van der Waals surface area contributed by atoms with E-state index in [9.17, 15) is 5.11 Å². The summed E-state index contributed by atoms with van der Waals surface area (Å²) in [6.07, 6.45) is -0.00581. The lowest BCUT2D eigenvalue weighted by Crippen LogP contribution is -2.18. The summed E-state index contributed by atoms with van der Waals surface area (Å²) in [5, 5.41) is 10.0. The highest BCUT2D eigenvalue weighted by molar-refractivity contribution is 5.33. The zero-order chi connectivity index (χ0) is 14.2. The first-order valence-corrected chi connectivity index (χ1v) is 6.71. The van der Waals surface area contributed by atoms with Gasteiger partial charge in [-0.05, 0) is 17.2 Å². The second-order valence-corrected chi connectivity index (χ2v) is 4.67. The van der Waals surface area contributed by atoms with Gasteiger partial charge in [-0.3, -0.25) is 0 Å². The Morgan fingerprint density at radius 3 is 2.45 bits per heavy atom. The second-order valence-electron chi connectivity index (χ2n) is 4.67. The molecule has 2 aromatic carbocycles. The van der Waals surface area contributed by atoms with Crippen LogP contribution in [0.1, 0.15) is 11.1 Å². The van der Waals surface area contributed by atoms with Crippen LogP contribution in [0.4, 0.5) is 0 Å². The topological polar surface area (TPSA) is 38.7 Å². The van der Waals surface area contributed by atoms with Gasteiger partial charge in [0.2, 0.25) is 0 Å². The molecule has 1 unspecified atom stereocenters. The standard InChI is InChI=1S/C17H20O3/c1-19-17-10-6-5-9-15(17)11-16(18)13-20-12-14-7-3-2-4-8-14/h2-10,16,18H,11-13H2,1H3. The maximum atomic E-state index is 10.0. The first-order valence-electron chi connectivity index (χ1n) is 6.71. The van der Waals surface area contributed by atoms with Crippen LogP contribution in [0.25, 0.3) is 0 Å². The molecule has 0 bridgehead atoms. The molecular weight excluding hydrogens is 252 g/mol. The molecular formula is C17H20O3. The van der Waals surface area contributed by atoms with E-state index in [0.29, 0.717) is 19.6 Å². The van der Waals surface area contributed by atoms with E-state index in [1.165, 1.54) is 0 Å². The van der Waals surface area contributed by atoms with E-state index < -0.39 is 6.10 Å². The summed E-state index contributed by atoms with van der Waals surface area (Å²) in [5.41, 5.74) is 2.10. The van der Waals surface area contributed by atoms with Crippen LogP contribution in [0.15, 0.2) is 54.6 Å². The summed E-state index contributed by atoms with van der Waals surface area (Å²) < 4.78 is 10.8. The fourth-order valence-electron chi connectivity index (χ4n) is 2.07. The van der Waals surface area contributed by atoms with Crippen LogP contribution >= 0.6 is 0 Å². The fraction of sp³-hybridized carbons (Fsp3) is 0.294. The minimum Gasteiger partial charge on any atom is -0.496 e. The van der Waals surface area contributed by atoms with E-state index in [0.717, 1.165) is 16.9 Å². The SMILES string of the molecule is COc1ccccc1CC(O)COCc1ccccc1. The monoisotopic (exact) mass is 272 g/mol. The lowest BCUT2D eigenvalue weighted by molar-refractivity contribution is 0.0286. The minimum atomic E-state index is -0.532. The van der Waals surface area contributed by atoms with Gasteiger partial charge in [-0.15, -0.1) is 0 Å². The zero-order valence-electron chi connectivity index (χ0n) is 11.7. The Hall–Kier alpha value is -1.84. The molecule has 106 valence electrons. The Morgan fingerprint density at radius 2 is 1.70 bits per heavy atom. The van der Waals surface area contributed by atoms with Gasteiger partial charge in [0.25, 0.3) is 0 Å². The predicted molar refractivity (Wildman–Crippen MR) is 78.8 cm³/mol. The highest BCUT2D eigenvalue weighted by atomic mass is 16.5. The lowest BCUT2D eigenvalue weighted by atomic mass is 10.1. The van der Waals surface area contributed by atoms with E-state index in [-0.39, 0.29) is 0 Å². The third-order valence-electron chi connectivity index (χ3n) is 3.07. The number of methoxy groups -OCH3 is 1. The lowest BCUT2D eigenvalue weighted by Gasteiger charge is -2.13. The summed E-state index contributed by atoms with van der Waals surface area (Å²) in [6.45, 7) is 0.830. The number of benzene rings is 2. The molecule has 1 N–H and O–H groups in total. The highest BCUT2D eigenvalue weighted by Crippen LogP contribution is 2.19. The van der Waals surface area contributed by atoms with Crippen molar-refractivity contribution in [3.63, 3.8) is 0 Å². The Balaban J connectivity index is 1.79. The second kappa shape index (κ2) is 7.68. The molecule has 0 amide bonds. The molecule has 0 spiro atoms. The van der Waals surface area contributed by atoms with Gasteiger partial charge in [-0.1, -0.05) is 48.5 Å². The van der Waals surface area contributed by atoms with Gasteiger partial charge in [-0.2, -0.15) is 0 Å². The van der Waals surface area contributed by atoms with Crippen molar-refractivity contribution < 1.29 is 14.6 Å². The number of hydrogen-bond donors (Lipinski definition) is 1. The maximum absolute atomic E-state index is 10.0. The normalized spacial score (nSPS) is 12.1. The average molecular weight is 272 g/mol. The molecule has 20 heavy (non-hydrogen) atoms. The van der Waals surface area contributed by atoms with E-state index in [2.05, 4.69) is 0 Å². The molecule has 0 saturated heterocycles. The molecule has 2 aromatic rings. The summed E-state index contributed by atoms with van der Waals surface area (Å²) in [4.78, 5) is 0. The van der Waals surface area contributed by atoms with E-state index in [4.69, 9.17) is 9.47 Å². The van der Waals surface area contributed by atoms with Gasteiger partial charge in [0, 0.05) is 6.42 Å². The van der Waals surface area contributed by atoms with Crippen LogP contribution in [0.3, 0.4) is 0 Å². The summed E-state index contributed by atoms with van der Waals surface area (Å²) in [5.74, 6) is 0.801. The molecule has 0 radical (unpaired) electrons. The van der Waals surface area contributed by atoms with Crippen molar-refractivity contribution in [2.24, 2.45) is 0 Å². The van der Waals surface area contributed by atoms with Crippen molar-refractivity contribution in [1.82, 2.24) is 0 Å². The van der Waals surface area contributed by atoms with Crippen LogP contribution < -0.4 is 4.74 Å². The maximum Gasteiger partial charge on any atom is 0.122 e. The highest BCUT2D eigenvalue weighted by Gasteiger charge is 2.09. The van der Waals surface area contributed by atoms with Crippen LogP contribution in [-0.4, -0.2) is 24.9 Å². The Labute approximate surface area is 119 Å². The summed E-state index contributed by atoms with van der Waals surface area (Å²) in [6, 6.07) is 17.6. The minimum absolute atomic E-state index is 0.312. The number of rotatable bonds is 7. The van der Waals surface area contributed by atoms with Gasteiger partial charge >= 0.3 is 0 Å². The van der Waals surface area contributed by atoms with E-state index in [1.54, 1.807) is 7.11 Å². The van der Waals surface area contributed by atoms with Gasteiger partial charge in [0.05, 0.1) is 26.4 Å². The quantitative estimate of drug-likeness (QED) is 0.842. The first kappa shape index (κ1) is 14.6. The molecule has 0 aliphatic carbocycles. The van der Waals surface area contributed by atoms with E-state index >= 15 is 0 Å². The Morgan fingerprint density at radius 1 is 1.00 bits per heavy atom. The zero-order valence-corrected chi connectivity index (χ0v) is 11.7. The molecule has 2 rings (SSSR count). The molecule has 3 heteroatoms. The van der Waals surface area contributed by atoms with Crippen LogP contribution in [0.2, 0.25) is 0 Å². The van der Waals surface area contributed by atoms with Gasteiger partial charge in [-0.25, -0.2) is 0 Å². The Bertz CT molecular complexity index is 511. The molecule has 1 atom stereocenters. The first-order chi connectivity index (χ1) is 9.79. The van der Waals surface area contributed by atoms with Crippen molar-refractivity contribution in [1.29, 1.82) is 0 Å². The molecule has 0 fully saturated rings. The molecule has 0 aliphatic rings. The van der Waals surface area contributed by atoms with E-state index in [1.807, 2.05) is 54.6 Å². The van der Waals surface area contributed by atoms with Crippen LogP contribution in [-0.2, 0) is 17.8 Å². The van der Waals surface area contributed by atoms with Crippen molar-refractivity contribution >= 4 is 0 Å². The number of ether oxygens (including phenoxy) is 2. The van der Waals surface area contributed by atoms with Crippen molar-refractivity contribution in [2.45, 2.75) is 19.1 Å². The smallest absolute Gasteiger partial charge is 0.122 e. The molecule has 0 heterocycles. The third kappa shape index (κ3) is 4.37. The van der Waals surface area contributed by atoms with Crippen LogP contribution in [0, 0.1) is 0 Å². The Kier molecular flexibility index (Phi) is 5.59. The fourth-order valence-corrected chi connectivity index (χ4v) is 2.07. The number of para-hydroxylation sites is 1. The van der Waals surface area contributed by atoms with Crippen molar-refractivity contribution in [3.05, 3.63) is 65.7 Å². The molecule has 0 saturated carbocycles. The predicted octanol–water partition coefficient (Wildman–Crippen LogP) is 2.82. The number of aliphatic hydroxyl groups is 1. The van der Waals surface area contributed by atoms with Crippen molar-refractivity contribution in [3.8, 4) is 5.75 Å². The third-order valence-corrected chi connectivity index (χ3v) is 3.07. The average Bonchev–Trinajstić information content (AvgIpc) is 2.49. The van der Waals surface area contributed by atoms with Crippen LogP contribution in [0.5, 0.6) is 5.75 Å². The van der Waals surface area contributed by atoms with Gasteiger partial charge in [0.15, 0.2) is 0 Å². The van der Waals surface area contributed by atoms with Gasteiger partial charge < -0.3 is 14.6 Å². The largest absolute Gasteiger partial charge is 0.496 e. The number of hydrogen-bond acceptors (Lipinski definition) is 3. The molecule has 3 nitrogen and oxygen atoms in total. The molecule has 0 aliphatic heterocycles. The van der Waals surface area contributed by atoms with Gasteiger partial charge in [0.1, 0.15) is 5.75 Å². The number of aliphatic hydroxyl groups excluding tert-OH is 1. The summed E-state index contributed by atoms with van der Waals surface area (Å²) >= 11 is 0.